The highest BCUT2D eigenvalue weighted by Crippen LogP contribution is 2.25. The van der Waals surface area contributed by atoms with Crippen molar-refractivity contribution in [1.82, 2.24) is 5.32 Å². The molecule has 0 aliphatic rings. The summed E-state index contributed by atoms with van der Waals surface area (Å²) in [5.41, 5.74) is 3.47. The first kappa shape index (κ1) is 20.3. The molecular formula is C22H23Cl2NO. The van der Waals surface area contributed by atoms with Crippen LogP contribution in [0.25, 0.3) is 0 Å². The van der Waals surface area contributed by atoms with E-state index >= 15 is 0 Å². The van der Waals surface area contributed by atoms with E-state index in [9.17, 15) is 0 Å². The molecule has 3 aromatic rings. The van der Waals surface area contributed by atoms with Gasteiger partial charge in [-0.15, -0.1) is 12.4 Å². The molecule has 0 saturated carbocycles. The number of hydrogen-bond donors (Lipinski definition) is 1. The van der Waals surface area contributed by atoms with Crippen molar-refractivity contribution in [3.05, 3.63) is 101 Å². The Hall–Kier alpha value is -2.00. The molecule has 0 aliphatic heterocycles. The Morgan fingerprint density at radius 2 is 1.58 bits per heavy atom. The van der Waals surface area contributed by atoms with Crippen LogP contribution in [0.15, 0.2) is 78.9 Å². The van der Waals surface area contributed by atoms with Crippen LogP contribution in [0, 0.1) is 0 Å². The van der Waals surface area contributed by atoms with Crippen LogP contribution in [0.3, 0.4) is 0 Å². The molecule has 3 aromatic carbocycles. The van der Waals surface area contributed by atoms with Gasteiger partial charge >= 0.3 is 0 Å². The summed E-state index contributed by atoms with van der Waals surface area (Å²) in [6, 6.07) is 26.6. The van der Waals surface area contributed by atoms with Crippen molar-refractivity contribution < 1.29 is 4.74 Å². The number of halogens is 2. The van der Waals surface area contributed by atoms with Crippen molar-refractivity contribution in [3.8, 4) is 5.75 Å². The summed E-state index contributed by atoms with van der Waals surface area (Å²) >= 11 is 6.18. The summed E-state index contributed by atoms with van der Waals surface area (Å²) in [4.78, 5) is 0. The van der Waals surface area contributed by atoms with Gasteiger partial charge in [0, 0.05) is 23.2 Å². The molecular weight excluding hydrogens is 365 g/mol. The second-order valence-corrected chi connectivity index (χ2v) is 6.48. The van der Waals surface area contributed by atoms with E-state index in [0.717, 1.165) is 21.9 Å². The number of hydrogen-bond acceptors (Lipinski definition) is 2. The van der Waals surface area contributed by atoms with Gasteiger partial charge in [0.1, 0.15) is 12.4 Å². The minimum absolute atomic E-state index is 0. The van der Waals surface area contributed by atoms with Crippen molar-refractivity contribution in [1.29, 1.82) is 0 Å². The van der Waals surface area contributed by atoms with Gasteiger partial charge in [0.15, 0.2) is 0 Å². The normalized spacial score (nSPS) is 11.5. The molecule has 0 aliphatic carbocycles. The molecule has 0 spiro atoms. The van der Waals surface area contributed by atoms with E-state index in [1.165, 1.54) is 5.56 Å². The predicted molar refractivity (Wildman–Crippen MR) is 111 cm³/mol. The zero-order chi connectivity index (χ0) is 17.5. The Labute approximate surface area is 166 Å². The summed E-state index contributed by atoms with van der Waals surface area (Å²) in [6.45, 7) is 3.40. The fourth-order valence-electron chi connectivity index (χ4n) is 2.68. The Balaban J connectivity index is 0.00000243. The second kappa shape index (κ2) is 10.2. The fourth-order valence-corrected chi connectivity index (χ4v) is 2.88. The average Bonchev–Trinajstić information content (AvgIpc) is 2.67. The van der Waals surface area contributed by atoms with Gasteiger partial charge in [0.05, 0.1) is 0 Å². The lowest BCUT2D eigenvalue weighted by atomic mass is 10.1. The van der Waals surface area contributed by atoms with Gasteiger partial charge in [-0.3, -0.25) is 0 Å². The quantitative estimate of drug-likeness (QED) is 0.521. The molecule has 26 heavy (non-hydrogen) atoms. The number of benzene rings is 3. The molecule has 0 bridgehead atoms. The van der Waals surface area contributed by atoms with Gasteiger partial charge in [0.25, 0.3) is 0 Å². The predicted octanol–water partition coefficient (Wildman–Crippen LogP) is 6.19. The molecule has 3 rings (SSSR count). The van der Waals surface area contributed by atoms with E-state index in [1.54, 1.807) is 0 Å². The third-order valence-corrected chi connectivity index (χ3v) is 4.39. The number of ether oxygens (including phenoxy) is 1. The van der Waals surface area contributed by atoms with Gasteiger partial charge in [-0.25, -0.2) is 0 Å². The molecule has 0 radical (unpaired) electrons. The van der Waals surface area contributed by atoms with Crippen LogP contribution in [-0.4, -0.2) is 0 Å². The van der Waals surface area contributed by atoms with Crippen LogP contribution < -0.4 is 10.1 Å². The molecule has 4 heteroatoms. The lowest BCUT2D eigenvalue weighted by Crippen LogP contribution is -2.18. The summed E-state index contributed by atoms with van der Waals surface area (Å²) < 4.78 is 6.02. The van der Waals surface area contributed by atoms with Crippen LogP contribution in [0.1, 0.15) is 29.7 Å². The van der Waals surface area contributed by atoms with Gasteiger partial charge < -0.3 is 10.1 Å². The first-order chi connectivity index (χ1) is 12.2. The molecule has 0 heterocycles. The Morgan fingerprint density at radius 1 is 0.923 bits per heavy atom. The van der Waals surface area contributed by atoms with Crippen LogP contribution >= 0.6 is 24.0 Å². The first-order valence-corrected chi connectivity index (χ1v) is 8.83. The monoisotopic (exact) mass is 387 g/mol. The van der Waals surface area contributed by atoms with E-state index in [1.807, 2.05) is 42.5 Å². The highest BCUT2D eigenvalue weighted by atomic mass is 35.5. The maximum atomic E-state index is 6.18. The minimum atomic E-state index is 0. The Kier molecular flexibility index (Phi) is 7.99. The standard InChI is InChI=1S/C22H22ClNO.ClH/c1-17(19-10-6-3-7-11-19)24-15-20-14-21(23)12-13-22(20)25-16-18-8-4-2-5-9-18;/h2-14,17,24H,15-16H2,1H3;1H. The van der Waals surface area contributed by atoms with Crippen LogP contribution in [-0.2, 0) is 13.2 Å². The lowest BCUT2D eigenvalue weighted by Gasteiger charge is -2.17. The molecule has 1 N–H and O–H groups in total. The van der Waals surface area contributed by atoms with Crippen molar-refractivity contribution in [3.63, 3.8) is 0 Å². The molecule has 0 fully saturated rings. The molecule has 0 amide bonds. The highest BCUT2D eigenvalue weighted by Gasteiger charge is 2.09. The molecule has 1 unspecified atom stereocenters. The molecule has 1 atom stereocenters. The molecule has 0 saturated heterocycles. The van der Waals surface area contributed by atoms with Crippen LogP contribution in [0.5, 0.6) is 5.75 Å². The SMILES string of the molecule is CC(NCc1cc(Cl)ccc1OCc1ccccc1)c1ccccc1.Cl. The highest BCUT2D eigenvalue weighted by molar-refractivity contribution is 6.30. The van der Waals surface area contributed by atoms with Crippen LogP contribution in [0.4, 0.5) is 0 Å². The van der Waals surface area contributed by atoms with E-state index in [4.69, 9.17) is 16.3 Å². The Bertz CT molecular complexity index is 794. The molecule has 136 valence electrons. The maximum Gasteiger partial charge on any atom is 0.124 e. The van der Waals surface area contributed by atoms with Gasteiger partial charge in [-0.1, -0.05) is 72.3 Å². The van der Waals surface area contributed by atoms with E-state index in [-0.39, 0.29) is 18.4 Å². The van der Waals surface area contributed by atoms with Crippen molar-refractivity contribution in [2.24, 2.45) is 0 Å². The van der Waals surface area contributed by atoms with Crippen LogP contribution in [0.2, 0.25) is 5.02 Å². The maximum absolute atomic E-state index is 6.18. The smallest absolute Gasteiger partial charge is 0.124 e. The largest absolute Gasteiger partial charge is 0.489 e. The zero-order valence-electron chi connectivity index (χ0n) is 14.7. The third kappa shape index (κ3) is 5.77. The van der Waals surface area contributed by atoms with E-state index < -0.39 is 0 Å². The van der Waals surface area contributed by atoms with Crippen molar-refractivity contribution >= 4 is 24.0 Å². The summed E-state index contributed by atoms with van der Waals surface area (Å²) in [7, 11) is 0. The number of rotatable bonds is 7. The van der Waals surface area contributed by atoms with E-state index in [0.29, 0.717) is 13.2 Å². The average molecular weight is 388 g/mol. The second-order valence-electron chi connectivity index (χ2n) is 6.04. The minimum Gasteiger partial charge on any atom is -0.489 e. The fraction of sp³-hybridized carbons (Fsp3) is 0.182. The topological polar surface area (TPSA) is 21.3 Å². The molecule has 2 nitrogen and oxygen atoms in total. The van der Waals surface area contributed by atoms with E-state index in [2.05, 4.69) is 48.6 Å². The summed E-state index contributed by atoms with van der Waals surface area (Å²) in [5.74, 6) is 0.862. The van der Waals surface area contributed by atoms with Gasteiger partial charge in [0.2, 0.25) is 0 Å². The van der Waals surface area contributed by atoms with Gasteiger partial charge in [-0.2, -0.15) is 0 Å². The van der Waals surface area contributed by atoms with Crippen molar-refractivity contribution in [2.45, 2.75) is 26.1 Å². The van der Waals surface area contributed by atoms with Crippen molar-refractivity contribution in [2.75, 3.05) is 0 Å². The Morgan fingerprint density at radius 3 is 2.27 bits per heavy atom. The molecule has 0 aromatic heterocycles. The summed E-state index contributed by atoms with van der Waals surface area (Å²) in [6.07, 6.45) is 0. The lowest BCUT2D eigenvalue weighted by molar-refractivity contribution is 0.301. The third-order valence-electron chi connectivity index (χ3n) is 4.16. The zero-order valence-corrected chi connectivity index (χ0v) is 16.3. The number of nitrogens with one attached hydrogen (secondary N) is 1. The summed E-state index contributed by atoms with van der Waals surface area (Å²) in [5, 5.41) is 4.26. The van der Waals surface area contributed by atoms with Gasteiger partial charge in [-0.05, 0) is 36.2 Å². The first-order valence-electron chi connectivity index (χ1n) is 8.46.